The Morgan fingerprint density at radius 3 is 2.21 bits per heavy atom. The summed E-state index contributed by atoms with van der Waals surface area (Å²) in [6, 6.07) is 14.7. The van der Waals surface area contributed by atoms with E-state index in [0.29, 0.717) is 35.8 Å². The molecule has 1 aliphatic rings. The van der Waals surface area contributed by atoms with E-state index in [-0.39, 0.29) is 23.1 Å². The Morgan fingerprint density at radius 2 is 1.64 bits per heavy atom. The smallest absolute Gasteiger partial charge is 0.269 e. The molecule has 1 amide bonds. The molecule has 0 saturated carbocycles. The van der Waals surface area contributed by atoms with Crippen molar-refractivity contribution in [1.29, 1.82) is 0 Å². The average Bonchev–Trinajstić information content (AvgIpc) is 2.94. The number of fused-ring (bicyclic) bond motifs is 1. The van der Waals surface area contributed by atoms with Crippen molar-refractivity contribution in [2.24, 2.45) is 0 Å². The van der Waals surface area contributed by atoms with Crippen molar-refractivity contribution in [3.8, 4) is 17.2 Å². The van der Waals surface area contributed by atoms with Gasteiger partial charge in [-0.2, -0.15) is 0 Å². The van der Waals surface area contributed by atoms with E-state index >= 15 is 0 Å². The lowest BCUT2D eigenvalue weighted by Gasteiger charge is -2.37. The fourth-order valence-electron chi connectivity index (χ4n) is 4.44. The third-order valence-corrected chi connectivity index (χ3v) is 8.43. The second kappa shape index (κ2) is 11.3. The number of non-ortho nitro benzene ring substituents is 1. The van der Waals surface area contributed by atoms with Gasteiger partial charge in [-0.1, -0.05) is 0 Å². The van der Waals surface area contributed by atoms with Gasteiger partial charge in [0.15, 0.2) is 11.5 Å². The normalized spacial score (nSPS) is 15.0. The number of nitrogens with zero attached hydrogens (tertiary/aromatic N) is 3. The zero-order chi connectivity index (χ0) is 28.3. The number of benzene rings is 3. The Kier molecular flexibility index (Phi) is 8.07. The van der Waals surface area contributed by atoms with Gasteiger partial charge in [-0.15, -0.1) is 0 Å². The van der Waals surface area contributed by atoms with Crippen LogP contribution in [0.15, 0.2) is 65.6 Å². The highest BCUT2D eigenvalue weighted by atomic mass is 32.2. The van der Waals surface area contributed by atoms with Gasteiger partial charge in [0.25, 0.3) is 11.6 Å². The van der Waals surface area contributed by atoms with E-state index in [1.807, 2.05) is 12.1 Å². The van der Waals surface area contributed by atoms with Gasteiger partial charge in [0.1, 0.15) is 12.4 Å². The summed E-state index contributed by atoms with van der Waals surface area (Å²) in [7, 11) is 2.33. The summed E-state index contributed by atoms with van der Waals surface area (Å²) in [5.74, 6) is 1.20. The molecule has 0 bridgehead atoms. The molecule has 0 saturated heterocycles. The molecule has 0 aliphatic carbocycles. The van der Waals surface area contributed by atoms with Crippen LogP contribution in [0.4, 0.5) is 5.69 Å². The van der Waals surface area contributed by atoms with Gasteiger partial charge in [-0.05, 0) is 66.1 Å². The van der Waals surface area contributed by atoms with Crippen LogP contribution < -0.4 is 14.2 Å². The van der Waals surface area contributed by atoms with Gasteiger partial charge < -0.3 is 19.1 Å². The van der Waals surface area contributed by atoms with Crippen LogP contribution in [-0.2, 0) is 16.4 Å². The lowest BCUT2D eigenvalue weighted by atomic mass is 9.91. The molecule has 1 unspecified atom stereocenters. The topological polar surface area (TPSA) is 129 Å². The summed E-state index contributed by atoms with van der Waals surface area (Å²) in [5, 5.41) is 11.0. The molecule has 0 N–H and O–H groups in total. The van der Waals surface area contributed by atoms with Crippen molar-refractivity contribution in [2.45, 2.75) is 17.4 Å². The van der Waals surface area contributed by atoms with Gasteiger partial charge >= 0.3 is 0 Å². The van der Waals surface area contributed by atoms with E-state index in [1.54, 1.807) is 12.0 Å². The maximum absolute atomic E-state index is 13.7. The van der Waals surface area contributed by atoms with Crippen LogP contribution in [0.1, 0.15) is 27.5 Å². The molecular formula is C27H29N3O8S. The van der Waals surface area contributed by atoms with Crippen molar-refractivity contribution < 1.29 is 32.3 Å². The van der Waals surface area contributed by atoms with Crippen LogP contribution >= 0.6 is 0 Å². The quantitative estimate of drug-likeness (QED) is 0.289. The average molecular weight is 556 g/mol. The molecule has 3 aromatic rings. The summed E-state index contributed by atoms with van der Waals surface area (Å²) in [4.78, 5) is 26.0. The summed E-state index contributed by atoms with van der Waals surface area (Å²) in [5.41, 5.74) is 2.07. The summed E-state index contributed by atoms with van der Waals surface area (Å²) in [6.07, 6.45) is 0.558. The standard InChI is InChI=1S/C27H29N3O8S/c1-28(2)39(34,35)22-11-5-18(6-12-22)27(31)29-14-13-19-15-25(36-3)26(37-4)16-23(19)24(29)17-38-21-9-7-20(8-10-21)30(32)33/h5-12,15-16,24H,13-14,17H2,1-4H3. The minimum absolute atomic E-state index is 0.0567. The Bertz CT molecular complexity index is 1470. The molecular weight excluding hydrogens is 526 g/mol. The number of carbonyl (C=O) groups is 1. The Balaban J connectivity index is 1.67. The molecule has 3 aromatic carbocycles. The van der Waals surface area contributed by atoms with Gasteiger partial charge in [0, 0.05) is 38.3 Å². The second-order valence-corrected chi connectivity index (χ2v) is 11.2. The number of nitro groups is 1. The third-order valence-electron chi connectivity index (χ3n) is 6.60. The van der Waals surface area contributed by atoms with Crippen molar-refractivity contribution in [3.63, 3.8) is 0 Å². The van der Waals surface area contributed by atoms with E-state index in [9.17, 15) is 23.3 Å². The van der Waals surface area contributed by atoms with Gasteiger partial charge in [-0.3, -0.25) is 14.9 Å². The van der Waals surface area contributed by atoms with Crippen LogP contribution in [0.5, 0.6) is 17.2 Å². The maximum atomic E-state index is 13.7. The van der Waals surface area contributed by atoms with E-state index in [1.165, 1.54) is 69.7 Å². The predicted molar refractivity (Wildman–Crippen MR) is 143 cm³/mol. The molecule has 4 rings (SSSR count). The van der Waals surface area contributed by atoms with Crippen LogP contribution in [0.3, 0.4) is 0 Å². The monoisotopic (exact) mass is 555 g/mol. The second-order valence-electron chi connectivity index (χ2n) is 9.04. The van der Waals surface area contributed by atoms with E-state index in [2.05, 4.69) is 0 Å². The number of amides is 1. The van der Waals surface area contributed by atoms with Crippen molar-refractivity contribution in [2.75, 3.05) is 41.5 Å². The van der Waals surface area contributed by atoms with Gasteiger partial charge in [0.05, 0.1) is 30.1 Å². The highest BCUT2D eigenvalue weighted by molar-refractivity contribution is 7.89. The third kappa shape index (κ3) is 5.66. The molecule has 1 heterocycles. The largest absolute Gasteiger partial charge is 0.493 e. The van der Waals surface area contributed by atoms with E-state index in [4.69, 9.17) is 14.2 Å². The molecule has 0 spiro atoms. The molecule has 206 valence electrons. The lowest BCUT2D eigenvalue weighted by Crippen LogP contribution is -2.42. The van der Waals surface area contributed by atoms with Crippen molar-refractivity contribution in [3.05, 3.63) is 87.5 Å². The van der Waals surface area contributed by atoms with Crippen LogP contribution in [-0.4, -0.2) is 69.9 Å². The number of hydrogen-bond donors (Lipinski definition) is 0. The van der Waals surface area contributed by atoms with Crippen LogP contribution in [0, 0.1) is 10.1 Å². The molecule has 1 aliphatic heterocycles. The Labute approximate surface area is 226 Å². The van der Waals surface area contributed by atoms with Crippen molar-refractivity contribution in [1.82, 2.24) is 9.21 Å². The highest BCUT2D eigenvalue weighted by Gasteiger charge is 2.33. The van der Waals surface area contributed by atoms with Crippen molar-refractivity contribution >= 4 is 21.6 Å². The number of carbonyl (C=O) groups excluding carboxylic acids is 1. The minimum Gasteiger partial charge on any atom is -0.493 e. The molecule has 1 atom stereocenters. The number of sulfonamides is 1. The van der Waals surface area contributed by atoms with Crippen LogP contribution in [0.25, 0.3) is 0 Å². The zero-order valence-corrected chi connectivity index (χ0v) is 22.8. The number of methoxy groups -OCH3 is 2. The maximum Gasteiger partial charge on any atom is 0.269 e. The molecule has 0 radical (unpaired) electrons. The first-order chi connectivity index (χ1) is 18.6. The Hall–Kier alpha value is -4.16. The first kappa shape index (κ1) is 27.9. The molecule has 11 nitrogen and oxygen atoms in total. The summed E-state index contributed by atoms with van der Waals surface area (Å²) in [6.45, 7) is 0.451. The molecule has 0 fully saturated rings. The fraction of sp³-hybridized carbons (Fsp3) is 0.296. The van der Waals surface area contributed by atoms with Crippen LogP contribution in [0.2, 0.25) is 0 Å². The zero-order valence-electron chi connectivity index (χ0n) is 22.0. The number of rotatable bonds is 9. The first-order valence-corrected chi connectivity index (χ1v) is 13.5. The SMILES string of the molecule is COc1cc2c(cc1OC)C(COc1ccc([N+](=O)[O-])cc1)N(C(=O)c1ccc(S(=O)(=O)N(C)C)cc1)CC2. The van der Waals surface area contributed by atoms with Gasteiger partial charge in [0.2, 0.25) is 10.0 Å². The highest BCUT2D eigenvalue weighted by Crippen LogP contribution is 2.39. The molecule has 12 heteroatoms. The predicted octanol–water partition coefficient (Wildman–Crippen LogP) is 3.68. The van der Waals surface area contributed by atoms with Gasteiger partial charge in [-0.25, -0.2) is 12.7 Å². The Morgan fingerprint density at radius 1 is 1.03 bits per heavy atom. The number of ether oxygens (including phenoxy) is 3. The lowest BCUT2D eigenvalue weighted by molar-refractivity contribution is -0.384. The molecule has 39 heavy (non-hydrogen) atoms. The minimum atomic E-state index is -3.64. The van der Waals surface area contributed by atoms with E-state index < -0.39 is 21.0 Å². The number of nitro benzene ring substituents is 1. The summed E-state index contributed by atoms with van der Waals surface area (Å²) < 4.78 is 43.0. The number of hydrogen-bond acceptors (Lipinski definition) is 8. The first-order valence-electron chi connectivity index (χ1n) is 12.0. The molecule has 0 aromatic heterocycles. The summed E-state index contributed by atoms with van der Waals surface area (Å²) >= 11 is 0. The fourth-order valence-corrected chi connectivity index (χ4v) is 5.34. The van der Waals surface area contributed by atoms with E-state index in [0.717, 1.165) is 15.4 Å².